The normalized spacial score (nSPS) is 18.6. The van der Waals surface area contributed by atoms with E-state index in [9.17, 15) is 9.18 Å². The number of carbonyl (C=O) groups excluding carboxylic acids is 1. The molecule has 1 saturated heterocycles. The molecule has 6 heteroatoms. The number of ether oxygens (including phenoxy) is 1. The van der Waals surface area contributed by atoms with E-state index in [1.807, 2.05) is 22.6 Å². The molecule has 1 aliphatic heterocycles. The highest BCUT2D eigenvalue weighted by atomic mass is 19.1. The van der Waals surface area contributed by atoms with Crippen LogP contribution in [0.5, 0.6) is 5.75 Å². The summed E-state index contributed by atoms with van der Waals surface area (Å²) in [6.45, 7) is 8.11. The highest BCUT2D eigenvalue weighted by Gasteiger charge is 2.29. The molecule has 0 N–H and O–H groups in total. The van der Waals surface area contributed by atoms with Crippen LogP contribution in [-0.4, -0.2) is 40.1 Å². The average molecular weight is 373 g/mol. The minimum absolute atomic E-state index is 0.126. The van der Waals surface area contributed by atoms with Crippen molar-refractivity contribution in [2.75, 3.05) is 19.7 Å². The smallest absolute Gasteiger partial charge is 0.245 e. The van der Waals surface area contributed by atoms with Crippen LogP contribution in [0.25, 0.3) is 0 Å². The molecule has 0 saturated carbocycles. The SMILES string of the molecule is CC(C)c1nccn1C(C)C(=O)N1CCCC(COc2ccc(F)cc2)C1. The maximum atomic E-state index is 13.0. The molecule has 0 spiro atoms. The lowest BCUT2D eigenvalue weighted by Crippen LogP contribution is -2.44. The van der Waals surface area contributed by atoms with E-state index >= 15 is 0 Å². The zero-order valence-electron chi connectivity index (χ0n) is 16.3. The molecule has 1 amide bonds. The number of nitrogens with zero attached hydrogens (tertiary/aromatic N) is 3. The van der Waals surface area contributed by atoms with Gasteiger partial charge in [0.05, 0.1) is 6.61 Å². The molecule has 1 fully saturated rings. The molecule has 0 aliphatic carbocycles. The molecule has 0 bridgehead atoms. The van der Waals surface area contributed by atoms with Gasteiger partial charge in [-0.2, -0.15) is 0 Å². The van der Waals surface area contributed by atoms with Crippen molar-refractivity contribution < 1.29 is 13.9 Å². The molecule has 1 aliphatic rings. The van der Waals surface area contributed by atoms with Gasteiger partial charge in [-0.05, 0) is 44.0 Å². The molecule has 146 valence electrons. The average Bonchev–Trinajstić information content (AvgIpc) is 3.17. The minimum atomic E-state index is -0.272. The third-order valence-corrected chi connectivity index (χ3v) is 5.12. The van der Waals surface area contributed by atoms with E-state index in [4.69, 9.17) is 4.74 Å². The quantitative estimate of drug-likeness (QED) is 0.768. The lowest BCUT2D eigenvalue weighted by molar-refractivity contribution is -0.136. The maximum Gasteiger partial charge on any atom is 0.245 e. The number of likely N-dealkylation sites (tertiary alicyclic amines) is 1. The fourth-order valence-electron chi connectivity index (χ4n) is 3.63. The van der Waals surface area contributed by atoms with Gasteiger partial charge >= 0.3 is 0 Å². The summed E-state index contributed by atoms with van der Waals surface area (Å²) in [6.07, 6.45) is 5.64. The summed E-state index contributed by atoms with van der Waals surface area (Å²) in [5.41, 5.74) is 0. The maximum absolute atomic E-state index is 13.0. The number of halogens is 1. The Hall–Kier alpha value is -2.37. The van der Waals surface area contributed by atoms with Crippen LogP contribution in [0, 0.1) is 11.7 Å². The highest BCUT2D eigenvalue weighted by Crippen LogP contribution is 2.23. The van der Waals surface area contributed by atoms with Gasteiger partial charge in [0.1, 0.15) is 23.4 Å². The topological polar surface area (TPSA) is 47.4 Å². The van der Waals surface area contributed by atoms with E-state index in [0.717, 1.165) is 25.2 Å². The van der Waals surface area contributed by atoms with Gasteiger partial charge in [-0.3, -0.25) is 4.79 Å². The summed E-state index contributed by atoms with van der Waals surface area (Å²) in [6, 6.07) is 5.79. The third-order valence-electron chi connectivity index (χ3n) is 5.12. The van der Waals surface area contributed by atoms with Crippen LogP contribution in [0.15, 0.2) is 36.7 Å². The van der Waals surface area contributed by atoms with Crippen molar-refractivity contribution in [3.05, 3.63) is 48.3 Å². The lowest BCUT2D eigenvalue weighted by atomic mass is 9.98. The molecule has 2 atom stereocenters. The molecular formula is C21H28FN3O2. The third kappa shape index (κ3) is 4.67. The van der Waals surface area contributed by atoms with Crippen LogP contribution in [0.2, 0.25) is 0 Å². The summed E-state index contributed by atoms with van der Waals surface area (Å²) in [7, 11) is 0. The van der Waals surface area contributed by atoms with Crippen molar-refractivity contribution >= 4 is 5.91 Å². The van der Waals surface area contributed by atoms with E-state index in [0.29, 0.717) is 18.9 Å². The fraction of sp³-hybridized carbons (Fsp3) is 0.524. The number of piperidine rings is 1. The van der Waals surface area contributed by atoms with Crippen molar-refractivity contribution in [2.45, 2.75) is 45.6 Å². The predicted octanol–water partition coefficient (Wildman–Crippen LogP) is 4.02. The van der Waals surface area contributed by atoms with E-state index in [1.54, 1.807) is 18.3 Å². The Balaban J connectivity index is 1.58. The minimum Gasteiger partial charge on any atom is -0.493 e. The van der Waals surface area contributed by atoms with Gasteiger partial charge in [0, 0.05) is 37.3 Å². The number of amides is 1. The molecule has 2 aromatic rings. The first-order valence-corrected chi connectivity index (χ1v) is 9.65. The molecule has 3 rings (SSSR count). The van der Waals surface area contributed by atoms with Crippen LogP contribution in [-0.2, 0) is 4.79 Å². The van der Waals surface area contributed by atoms with Gasteiger partial charge in [-0.1, -0.05) is 13.8 Å². The molecule has 2 unspecified atom stereocenters. The highest BCUT2D eigenvalue weighted by molar-refractivity contribution is 5.80. The van der Waals surface area contributed by atoms with Gasteiger partial charge in [0.15, 0.2) is 0 Å². The van der Waals surface area contributed by atoms with Gasteiger partial charge < -0.3 is 14.2 Å². The summed E-state index contributed by atoms with van der Waals surface area (Å²) in [5, 5.41) is 0. The van der Waals surface area contributed by atoms with Crippen LogP contribution in [0.4, 0.5) is 4.39 Å². The first-order valence-electron chi connectivity index (χ1n) is 9.65. The van der Waals surface area contributed by atoms with Gasteiger partial charge in [-0.15, -0.1) is 0 Å². The Labute approximate surface area is 160 Å². The Bertz CT molecular complexity index is 757. The molecule has 1 aromatic heterocycles. The van der Waals surface area contributed by atoms with Crippen molar-refractivity contribution in [3.8, 4) is 5.75 Å². The molecule has 5 nitrogen and oxygen atoms in total. The monoisotopic (exact) mass is 373 g/mol. The summed E-state index contributed by atoms with van der Waals surface area (Å²) in [4.78, 5) is 19.4. The first kappa shape index (κ1) is 19.4. The Morgan fingerprint density at radius 2 is 2.04 bits per heavy atom. The van der Waals surface area contributed by atoms with Crippen LogP contribution in [0.1, 0.15) is 51.4 Å². The standard InChI is InChI=1S/C21H28FN3O2/c1-15(2)20-23-10-12-25(20)16(3)21(26)24-11-4-5-17(13-24)14-27-19-8-6-18(22)7-9-19/h6-10,12,15-17H,4-5,11,13-14H2,1-3H3. The van der Waals surface area contributed by atoms with Crippen molar-refractivity contribution in [2.24, 2.45) is 5.92 Å². The number of hydrogen-bond donors (Lipinski definition) is 0. The Morgan fingerprint density at radius 3 is 2.74 bits per heavy atom. The van der Waals surface area contributed by atoms with E-state index < -0.39 is 0 Å². The largest absolute Gasteiger partial charge is 0.493 e. The zero-order valence-corrected chi connectivity index (χ0v) is 16.3. The van der Waals surface area contributed by atoms with Gasteiger partial charge in [0.2, 0.25) is 5.91 Å². The molecule has 2 heterocycles. The Morgan fingerprint density at radius 1 is 1.30 bits per heavy atom. The predicted molar refractivity (Wildman–Crippen MR) is 102 cm³/mol. The van der Waals surface area contributed by atoms with Crippen molar-refractivity contribution in [1.29, 1.82) is 0 Å². The number of rotatable bonds is 6. The van der Waals surface area contributed by atoms with Gasteiger partial charge in [-0.25, -0.2) is 9.37 Å². The zero-order chi connectivity index (χ0) is 19.4. The van der Waals surface area contributed by atoms with Crippen LogP contribution < -0.4 is 4.74 Å². The van der Waals surface area contributed by atoms with Crippen LogP contribution in [0.3, 0.4) is 0 Å². The second kappa shape index (κ2) is 8.55. The number of benzene rings is 1. The molecule has 0 radical (unpaired) electrons. The lowest BCUT2D eigenvalue weighted by Gasteiger charge is -2.34. The number of carbonyl (C=O) groups is 1. The summed E-state index contributed by atoms with van der Waals surface area (Å²) < 4.78 is 20.8. The number of hydrogen-bond acceptors (Lipinski definition) is 3. The van der Waals surface area contributed by atoms with E-state index in [1.165, 1.54) is 12.1 Å². The molecule has 27 heavy (non-hydrogen) atoms. The second-order valence-electron chi connectivity index (χ2n) is 7.58. The second-order valence-corrected chi connectivity index (χ2v) is 7.58. The summed E-state index contributed by atoms with van der Waals surface area (Å²) >= 11 is 0. The first-order chi connectivity index (χ1) is 13.0. The van der Waals surface area contributed by atoms with Crippen LogP contribution >= 0.6 is 0 Å². The fourth-order valence-corrected chi connectivity index (χ4v) is 3.63. The van der Waals surface area contributed by atoms with Gasteiger partial charge in [0.25, 0.3) is 0 Å². The number of aromatic nitrogens is 2. The molecule has 1 aromatic carbocycles. The summed E-state index contributed by atoms with van der Waals surface area (Å²) in [5.74, 6) is 2.01. The number of imidazole rings is 1. The molecular weight excluding hydrogens is 345 g/mol. The van der Waals surface area contributed by atoms with E-state index in [2.05, 4.69) is 18.8 Å². The Kier molecular flexibility index (Phi) is 6.14. The van der Waals surface area contributed by atoms with Crippen molar-refractivity contribution in [1.82, 2.24) is 14.5 Å². The van der Waals surface area contributed by atoms with Crippen molar-refractivity contribution in [3.63, 3.8) is 0 Å². The van der Waals surface area contributed by atoms with E-state index in [-0.39, 0.29) is 29.6 Å².